The molecule has 0 aliphatic rings. The highest BCUT2D eigenvalue weighted by Gasteiger charge is 2.08. The van der Waals surface area contributed by atoms with Crippen molar-refractivity contribution in [2.24, 2.45) is 0 Å². The van der Waals surface area contributed by atoms with Gasteiger partial charge in [-0.15, -0.1) is 0 Å². The van der Waals surface area contributed by atoms with E-state index in [0.29, 0.717) is 0 Å². The zero-order valence-corrected chi connectivity index (χ0v) is 7.20. The highest BCUT2D eigenvalue weighted by atomic mass is 16.3. The summed E-state index contributed by atoms with van der Waals surface area (Å²) in [6.07, 6.45) is 1.32. The van der Waals surface area contributed by atoms with Gasteiger partial charge in [0.1, 0.15) is 0 Å². The molecule has 0 aliphatic heterocycles. The second-order valence-electron chi connectivity index (χ2n) is 2.68. The monoisotopic (exact) mass is 154 g/mol. The molecule has 0 fully saturated rings. The summed E-state index contributed by atoms with van der Waals surface area (Å²) in [7, 11) is 0. The smallest absolute Gasteiger partial charge is 0.0795 e. The van der Waals surface area contributed by atoms with Crippen molar-refractivity contribution in [1.82, 2.24) is 9.78 Å². The third-order valence-corrected chi connectivity index (χ3v) is 1.89. The minimum Gasteiger partial charge on any atom is -0.389 e. The molecule has 0 spiro atoms. The van der Waals surface area contributed by atoms with E-state index in [0.717, 1.165) is 17.8 Å². The molecule has 3 nitrogen and oxygen atoms in total. The van der Waals surface area contributed by atoms with Crippen LogP contribution < -0.4 is 0 Å². The summed E-state index contributed by atoms with van der Waals surface area (Å²) in [5.74, 6) is 0. The first-order valence-corrected chi connectivity index (χ1v) is 3.87. The fourth-order valence-electron chi connectivity index (χ4n) is 1.19. The van der Waals surface area contributed by atoms with Crippen LogP contribution >= 0.6 is 0 Å². The van der Waals surface area contributed by atoms with Crippen molar-refractivity contribution >= 4 is 0 Å². The second-order valence-corrected chi connectivity index (χ2v) is 2.68. The Morgan fingerprint density at radius 1 is 1.73 bits per heavy atom. The van der Waals surface area contributed by atoms with Crippen LogP contribution in [-0.2, 0) is 6.54 Å². The lowest BCUT2D eigenvalue weighted by Gasteiger charge is -2.03. The van der Waals surface area contributed by atoms with E-state index in [9.17, 15) is 5.11 Å². The molecule has 0 aliphatic carbocycles. The third kappa shape index (κ3) is 1.43. The van der Waals surface area contributed by atoms with E-state index in [1.54, 1.807) is 13.1 Å². The van der Waals surface area contributed by atoms with Crippen LogP contribution in [0.4, 0.5) is 0 Å². The Kier molecular flexibility index (Phi) is 2.29. The van der Waals surface area contributed by atoms with Crippen molar-refractivity contribution in [2.45, 2.75) is 33.4 Å². The summed E-state index contributed by atoms with van der Waals surface area (Å²) in [5, 5.41) is 13.4. The number of hydrogen-bond acceptors (Lipinski definition) is 2. The molecular weight excluding hydrogens is 140 g/mol. The van der Waals surface area contributed by atoms with Crippen LogP contribution in [0, 0.1) is 6.92 Å². The van der Waals surface area contributed by atoms with E-state index in [1.807, 2.05) is 18.5 Å². The largest absolute Gasteiger partial charge is 0.389 e. The third-order valence-electron chi connectivity index (χ3n) is 1.89. The first-order valence-electron chi connectivity index (χ1n) is 3.87. The van der Waals surface area contributed by atoms with Gasteiger partial charge in [-0.1, -0.05) is 0 Å². The normalized spacial score (nSPS) is 13.5. The van der Waals surface area contributed by atoms with Crippen LogP contribution in [0.5, 0.6) is 0 Å². The van der Waals surface area contributed by atoms with Crippen molar-refractivity contribution in [1.29, 1.82) is 0 Å². The van der Waals surface area contributed by atoms with Gasteiger partial charge < -0.3 is 5.11 Å². The molecule has 3 heteroatoms. The van der Waals surface area contributed by atoms with Gasteiger partial charge in [0.15, 0.2) is 0 Å². The quantitative estimate of drug-likeness (QED) is 0.696. The predicted molar refractivity (Wildman–Crippen MR) is 43.3 cm³/mol. The number of nitrogens with zero attached hydrogens (tertiary/aromatic N) is 2. The lowest BCUT2D eigenvalue weighted by Crippen LogP contribution is -2.00. The van der Waals surface area contributed by atoms with Gasteiger partial charge in [-0.3, -0.25) is 4.68 Å². The Labute approximate surface area is 66.7 Å². The first-order chi connectivity index (χ1) is 5.16. The van der Waals surface area contributed by atoms with Crippen molar-refractivity contribution < 1.29 is 5.11 Å². The van der Waals surface area contributed by atoms with Gasteiger partial charge in [0.05, 0.1) is 12.3 Å². The van der Waals surface area contributed by atoms with Crippen LogP contribution in [0.2, 0.25) is 0 Å². The van der Waals surface area contributed by atoms with E-state index in [-0.39, 0.29) is 0 Å². The summed E-state index contributed by atoms with van der Waals surface area (Å²) >= 11 is 0. The van der Waals surface area contributed by atoms with E-state index < -0.39 is 6.10 Å². The first kappa shape index (κ1) is 8.27. The van der Waals surface area contributed by atoms with Crippen LogP contribution in [-0.4, -0.2) is 14.9 Å². The molecule has 1 heterocycles. The maximum Gasteiger partial charge on any atom is 0.0795 e. The summed E-state index contributed by atoms with van der Waals surface area (Å²) in [4.78, 5) is 0. The highest BCUT2D eigenvalue weighted by molar-refractivity contribution is 5.18. The summed E-state index contributed by atoms with van der Waals surface area (Å²) in [6.45, 7) is 6.62. The molecule has 11 heavy (non-hydrogen) atoms. The van der Waals surface area contributed by atoms with Crippen LogP contribution in [0.1, 0.15) is 31.2 Å². The van der Waals surface area contributed by atoms with Gasteiger partial charge in [-0.25, -0.2) is 0 Å². The van der Waals surface area contributed by atoms with E-state index in [4.69, 9.17) is 0 Å². The van der Waals surface area contributed by atoms with Crippen molar-refractivity contribution in [3.63, 3.8) is 0 Å². The van der Waals surface area contributed by atoms with Crippen molar-refractivity contribution in [3.8, 4) is 0 Å². The minimum absolute atomic E-state index is 0.407. The lowest BCUT2D eigenvalue weighted by atomic mass is 10.2. The Morgan fingerprint density at radius 2 is 2.36 bits per heavy atom. The molecule has 1 aromatic heterocycles. The molecular formula is C8H14N2O. The SMILES string of the molecule is CCn1ncc(C(C)O)c1C. The van der Waals surface area contributed by atoms with Crippen molar-refractivity contribution in [3.05, 3.63) is 17.5 Å². The molecule has 1 unspecified atom stereocenters. The predicted octanol–water partition coefficient (Wildman–Crippen LogP) is 1.26. The second kappa shape index (κ2) is 3.05. The molecule has 62 valence electrons. The minimum atomic E-state index is -0.407. The van der Waals surface area contributed by atoms with E-state index in [2.05, 4.69) is 5.10 Å². The van der Waals surface area contributed by atoms with Gasteiger partial charge in [0, 0.05) is 17.8 Å². The number of aliphatic hydroxyl groups excluding tert-OH is 1. The zero-order chi connectivity index (χ0) is 8.43. The van der Waals surface area contributed by atoms with Gasteiger partial charge in [0.25, 0.3) is 0 Å². The summed E-state index contributed by atoms with van der Waals surface area (Å²) in [5.41, 5.74) is 1.98. The van der Waals surface area contributed by atoms with Gasteiger partial charge in [0.2, 0.25) is 0 Å². The molecule has 1 atom stereocenters. The molecule has 0 aromatic carbocycles. The molecule has 1 rings (SSSR count). The molecule has 0 bridgehead atoms. The Balaban J connectivity index is 3.00. The summed E-state index contributed by atoms with van der Waals surface area (Å²) in [6, 6.07) is 0. The number of aliphatic hydroxyl groups is 1. The molecule has 1 N–H and O–H groups in total. The maximum absolute atomic E-state index is 9.26. The topological polar surface area (TPSA) is 38.0 Å². The Hall–Kier alpha value is -0.830. The number of hydrogen-bond donors (Lipinski definition) is 1. The Morgan fingerprint density at radius 3 is 2.64 bits per heavy atom. The van der Waals surface area contributed by atoms with Crippen LogP contribution in [0.15, 0.2) is 6.20 Å². The van der Waals surface area contributed by atoms with Crippen molar-refractivity contribution in [2.75, 3.05) is 0 Å². The number of aromatic nitrogens is 2. The van der Waals surface area contributed by atoms with Gasteiger partial charge >= 0.3 is 0 Å². The average Bonchev–Trinajstić information content (AvgIpc) is 2.30. The lowest BCUT2D eigenvalue weighted by molar-refractivity contribution is 0.198. The van der Waals surface area contributed by atoms with Crippen LogP contribution in [0.3, 0.4) is 0 Å². The Bertz CT molecular complexity index is 240. The maximum atomic E-state index is 9.26. The highest BCUT2D eigenvalue weighted by Crippen LogP contribution is 2.15. The molecule has 1 aromatic rings. The van der Waals surface area contributed by atoms with E-state index in [1.165, 1.54) is 0 Å². The number of aryl methyl sites for hydroxylation is 1. The summed E-state index contributed by atoms with van der Waals surface area (Å²) < 4.78 is 1.88. The zero-order valence-electron chi connectivity index (χ0n) is 7.20. The molecule has 0 radical (unpaired) electrons. The molecule has 0 saturated carbocycles. The van der Waals surface area contributed by atoms with E-state index >= 15 is 0 Å². The van der Waals surface area contributed by atoms with Gasteiger partial charge in [-0.05, 0) is 20.8 Å². The fraction of sp³-hybridized carbons (Fsp3) is 0.625. The van der Waals surface area contributed by atoms with Gasteiger partial charge in [-0.2, -0.15) is 5.10 Å². The standard InChI is InChI=1S/C8H14N2O/c1-4-10-6(2)8(5-9-10)7(3)11/h5,7,11H,4H2,1-3H3. The number of rotatable bonds is 2. The molecule has 0 saturated heterocycles. The average molecular weight is 154 g/mol. The molecule has 0 amide bonds. The fourth-order valence-corrected chi connectivity index (χ4v) is 1.19. The van der Waals surface area contributed by atoms with Crippen LogP contribution in [0.25, 0.3) is 0 Å².